The van der Waals surface area contributed by atoms with Gasteiger partial charge in [-0.2, -0.15) is 0 Å². The molecule has 1 saturated heterocycles. The van der Waals surface area contributed by atoms with E-state index in [1.54, 1.807) is 18.2 Å². The highest BCUT2D eigenvalue weighted by molar-refractivity contribution is 6.39. The van der Waals surface area contributed by atoms with Crippen LogP contribution in [-0.4, -0.2) is 18.5 Å². The minimum absolute atomic E-state index is 0.0726. The normalized spacial score (nSPS) is 23.7. The first kappa shape index (κ1) is 13.7. The van der Waals surface area contributed by atoms with Crippen molar-refractivity contribution < 1.29 is 4.79 Å². The van der Waals surface area contributed by atoms with Crippen LogP contribution in [0.15, 0.2) is 18.2 Å². The first-order chi connectivity index (χ1) is 8.58. The van der Waals surface area contributed by atoms with Crippen molar-refractivity contribution in [3.63, 3.8) is 0 Å². The van der Waals surface area contributed by atoms with Crippen molar-refractivity contribution in [3.8, 4) is 0 Å². The van der Waals surface area contributed by atoms with Gasteiger partial charge >= 0.3 is 0 Å². The van der Waals surface area contributed by atoms with Gasteiger partial charge in [0.05, 0.1) is 21.8 Å². The molecule has 1 amide bonds. The summed E-state index contributed by atoms with van der Waals surface area (Å²) in [7, 11) is 0. The van der Waals surface area contributed by atoms with Gasteiger partial charge in [-0.05, 0) is 37.4 Å². The number of rotatable bonds is 2. The zero-order valence-electron chi connectivity index (χ0n) is 10.2. The molecule has 5 heteroatoms. The molecule has 1 heterocycles. The summed E-state index contributed by atoms with van der Waals surface area (Å²) in [6.45, 7) is 3.03. The molecule has 1 aliphatic rings. The maximum atomic E-state index is 12.1. The Labute approximate surface area is 117 Å². The summed E-state index contributed by atoms with van der Waals surface area (Å²) >= 11 is 12.0. The molecular formula is C13H16Cl2N2O. The van der Waals surface area contributed by atoms with Crippen molar-refractivity contribution in [1.82, 2.24) is 5.32 Å². The Kier molecular flexibility index (Phi) is 4.49. The van der Waals surface area contributed by atoms with E-state index < -0.39 is 0 Å². The third kappa shape index (κ3) is 3.16. The number of carbonyl (C=O) groups excluding carboxylic acids is 1. The van der Waals surface area contributed by atoms with Gasteiger partial charge in [-0.1, -0.05) is 36.2 Å². The van der Waals surface area contributed by atoms with Gasteiger partial charge in [-0.15, -0.1) is 0 Å². The molecule has 0 bridgehead atoms. The third-order valence-corrected chi connectivity index (χ3v) is 3.82. The second-order valence-corrected chi connectivity index (χ2v) is 5.54. The second kappa shape index (κ2) is 5.91. The van der Waals surface area contributed by atoms with Gasteiger partial charge in [0.25, 0.3) is 0 Å². The summed E-state index contributed by atoms with van der Waals surface area (Å²) in [5.74, 6) is 0.486. The highest BCUT2D eigenvalue weighted by atomic mass is 35.5. The van der Waals surface area contributed by atoms with Crippen molar-refractivity contribution in [2.24, 2.45) is 5.92 Å². The Morgan fingerprint density at radius 1 is 1.39 bits per heavy atom. The van der Waals surface area contributed by atoms with E-state index in [0.717, 1.165) is 19.4 Å². The summed E-state index contributed by atoms with van der Waals surface area (Å²) in [5.41, 5.74) is 0.492. The molecule has 0 spiro atoms. The van der Waals surface area contributed by atoms with E-state index in [1.165, 1.54) is 0 Å². The van der Waals surface area contributed by atoms with Gasteiger partial charge in [-0.3, -0.25) is 4.79 Å². The summed E-state index contributed by atoms with van der Waals surface area (Å²) in [4.78, 5) is 12.1. The first-order valence-electron chi connectivity index (χ1n) is 6.06. The molecule has 0 aliphatic carbocycles. The summed E-state index contributed by atoms with van der Waals surface area (Å²) in [6, 6.07) is 5.00. The van der Waals surface area contributed by atoms with Gasteiger partial charge < -0.3 is 10.6 Å². The third-order valence-electron chi connectivity index (χ3n) is 3.19. The fraction of sp³-hybridized carbons (Fsp3) is 0.462. The summed E-state index contributed by atoms with van der Waals surface area (Å²) in [5, 5.41) is 6.93. The molecule has 0 aromatic heterocycles. The van der Waals surface area contributed by atoms with Gasteiger partial charge in [0.2, 0.25) is 5.91 Å². The Hall–Kier alpha value is -0.770. The van der Waals surface area contributed by atoms with Crippen molar-refractivity contribution >= 4 is 34.8 Å². The number of piperidine rings is 1. The highest BCUT2D eigenvalue weighted by Crippen LogP contribution is 2.30. The zero-order chi connectivity index (χ0) is 13.1. The Bertz CT molecular complexity index is 430. The number of hydrogen-bond acceptors (Lipinski definition) is 2. The van der Waals surface area contributed by atoms with Crippen molar-refractivity contribution in [1.29, 1.82) is 0 Å². The van der Waals surface area contributed by atoms with E-state index in [9.17, 15) is 4.79 Å². The molecule has 2 atom stereocenters. The summed E-state index contributed by atoms with van der Waals surface area (Å²) in [6.07, 6.45) is 1.95. The number of benzene rings is 1. The quantitative estimate of drug-likeness (QED) is 0.876. The van der Waals surface area contributed by atoms with Gasteiger partial charge in [0, 0.05) is 0 Å². The monoisotopic (exact) mass is 286 g/mol. The number of halogens is 2. The lowest BCUT2D eigenvalue weighted by Gasteiger charge is -2.27. The zero-order valence-corrected chi connectivity index (χ0v) is 11.7. The predicted octanol–water partition coefficient (Wildman–Crippen LogP) is 3.32. The van der Waals surface area contributed by atoms with Crippen molar-refractivity contribution in [2.45, 2.75) is 25.8 Å². The molecule has 1 aromatic rings. The minimum atomic E-state index is -0.166. The average Bonchev–Trinajstić information content (AvgIpc) is 2.34. The standard InChI is InChI=1S/C13H16Cl2N2O/c1-8-5-6-16-11(7-8)13(18)17-12-9(14)3-2-4-10(12)15/h2-4,8,11,16H,5-7H2,1H3,(H,17,18). The fourth-order valence-electron chi connectivity index (χ4n) is 2.13. The van der Waals surface area contributed by atoms with Crippen LogP contribution in [0.2, 0.25) is 10.0 Å². The molecular weight excluding hydrogens is 271 g/mol. The minimum Gasteiger partial charge on any atom is -0.322 e. The van der Waals surface area contributed by atoms with Crippen LogP contribution < -0.4 is 10.6 Å². The van der Waals surface area contributed by atoms with Gasteiger partial charge in [-0.25, -0.2) is 0 Å². The lowest BCUT2D eigenvalue weighted by Crippen LogP contribution is -2.45. The van der Waals surface area contributed by atoms with Crippen LogP contribution in [0.1, 0.15) is 19.8 Å². The number of amides is 1. The smallest absolute Gasteiger partial charge is 0.241 e. The Balaban J connectivity index is 2.07. The topological polar surface area (TPSA) is 41.1 Å². The molecule has 1 aromatic carbocycles. The fourth-order valence-corrected chi connectivity index (χ4v) is 2.63. The van der Waals surface area contributed by atoms with Crippen molar-refractivity contribution in [2.75, 3.05) is 11.9 Å². The number of anilines is 1. The van der Waals surface area contributed by atoms with E-state index in [0.29, 0.717) is 21.7 Å². The van der Waals surface area contributed by atoms with Crippen LogP contribution in [0.3, 0.4) is 0 Å². The molecule has 2 N–H and O–H groups in total. The predicted molar refractivity (Wildman–Crippen MR) is 75.3 cm³/mol. The second-order valence-electron chi connectivity index (χ2n) is 4.72. The maximum absolute atomic E-state index is 12.1. The van der Waals surface area contributed by atoms with Crippen LogP contribution in [0.25, 0.3) is 0 Å². The van der Waals surface area contributed by atoms with Gasteiger partial charge in [0.1, 0.15) is 0 Å². The molecule has 98 valence electrons. The lowest BCUT2D eigenvalue weighted by molar-refractivity contribution is -0.119. The van der Waals surface area contributed by atoms with Crippen LogP contribution >= 0.6 is 23.2 Å². The van der Waals surface area contributed by atoms with Gasteiger partial charge in [0.15, 0.2) is 0 Å². The van der Waals surface area contributed by atoms with E-state index in [-0.39, 0.29) is 11.9 Å². The largest absolute Gasteiger partial charge is 0.322 e. The van der Waals surface area contributed by atoms with Crippen molar-refractivity contribution in [3.05, 3.63) is 28.2 Å². The van der Waals surface area contributed by atoms with Crippen LogP contribution in [0.5, 0.6) is 0 Å². The molecule has 2 rings (SSSR count). The Morgan fingerprint density at radius 2 is 2.06 bits per heavy atom. The molecule has 1 aliphatic heterocycles. The Morgan fingerprint density at radius 3 is 2.67 bits per heavy atom. The van der Waals surface area contributed by atoms with Crippen LogP contribution in [0.4, 0.5) is 5.69 Å². The number of hydrogen-bond donors (Lipinski definition) is 2. The molecule has 3 nitrogen and oxygen atoms in total. The van der Waals surface area contributed by atoms with Crippen LogP contribution in [0, 0.1) is 5.92 Å². The van der Waals surface area contributed by atoms with E-state index in [2.05, 4.69) is 17.6 Å². The highest BCUT2D eigenvalue weighted by Gasteiger charge is 2.25. The summed E-state index contributed by atoms with van der Waals surface area (Å²) < 4.78 is 0. The van der Waals surface area contributed by atoms with E-state index >= 15 is 0 Å². The lowest BCUT2D eigenvalue weighted by atomic mass is 9.94. The van der Waals surface area contributed by atoms with E-state index in [4.69, 9.17) is 23.2 Å². The van der Waals surface area contributed by atoms with E-state index in [1.807, 2.05) is 0 Å². The number of carbonyl (C=O) groups is 1. The molecule has 2 unspecified atom stereocenters. The molecule has 1 fully saturated rings. The average molecular weight is 287 g/mol. The number of nitrogens with one attached hydrogen (secondary N) is 2. The van der Waals surface area contributed by atoms with Crippen LogP contribution in [-0.2, 0) is 4.79 Å². The number of para-hydroxylation sites is 1. The first-order valence-corrected chi connectivity index (χ1v) is 6.82. The molecule has 18 heavy (non-hydrogen) atoms. The molecule has 0 radical (unpaired) electrons. The maximum Gasteiger partial charge on any atom is 0.241 e. The SMILES string of the molecule is CC1CCNC(C(=O)Nc2c(Cl)cccc2Cl)C1. The molecule has 0 saturated carbocycles.